The third-order valence-electron chi connectivity index (χ3n) is 3.42. The molecule has 0 radical (unpaired) electrons. The highest BCUT2D eigenvalue weighted by Gasteiger charge is 2.23. The van der Waals surface area contributed by atoms with Crippen LogP contribution in [-0.2, 0) is 0 Å². The zero-order chi connectivity index (χ0) is 13.1. The summed E-state index contributed by atoms with van der Waals surface area (Å²) in [4.78, 5) is 16.4. The van der Waals surface area contributed by atoms with Crippen LogP contribution in [0.4, 0.5) is 0 Å². The molecule has 98 valence electrons. The monoisotopic (exact) mass is 248 g/mol. The molecule has 0 spiro atoms. The van der Waals surface area contributed by atoms with Crippen LogP contribution in [0.25, 0.3) is 0 Å². The molecule has 4 heteroatoms. The van der Waals surface area contributed by atoms with Gasteiger partial charge >= 0.3 is 0 Å². The van der Waals surface area contributed by atoms with Crippen LogP contribution >= 0.6 is 0 Å². The van der Waals surface area contributed by atoms with E-state index < -0.39 is 0 Å². The van der Waals surface area contributed by atoms with E-state index in [0.29, 0.717) is 11.6 Å². The number of phenols is 1. The molecule has 0 saturated carbocycles. The first kappa shape index (κ1) is 12.9. The van der Waals surface area contributed by atoms with Gasteiger partial charge in [0, 0.05) is 37.8 Å². The number of phenolic OH excluding ortho intramolecular Hbond substituents is 1. The van der Waals surface area contributed by atoms with Crippen LogP contribution in [0.15, 0.2) is 24.3 Å². The van der Waals surface area contributed by atoms with Crippen LogP contribution in [0.1, 0.15) is 24.2 Å². The lowest BCUT2D eigenvalue weighted by atomic mass is 10.1. The number of amides is 1. The molecule has 1 heterocycles. The number of nitrogens with zero attached hydrogens (tertiary/aromatic N) is 2. The highest BCUT2D eigenvalue weighted by atomic mass is 16.3. The quantitative estimate of drug-likeness (QED) is 0.863. The van der Waals surface area contributed by atoms with Gasteiger partial charge in [-0.1, -0.05) is 6.07 Å². The molecule has 1 aliphatic rings. The summed E-state index contributed by atoms with van der Waals surface area (Å²) in [7, 11) is 0. The summed E-state index contributed by atoms with van der Waals surface area (Å²) in [5.41, 5.74) is 0.563. The lowest BCUT2D eigenvalue weighted by Crippen LogP contribution is -2.50. The Morgan fingerprint density at radius 2 is 1.89 bits per heavy atom. The number of rotatable bonds is 2. The molecular formula is C14H20N2O2. The first-order valence-electron chi connectivity index (χ1n) is 6.40. The fourth-order valence-corrected chi connectivity index (χ4v) is 2.26. The maximum Gasteiger partial charge on any atom is 0.254 e. The zero-order valence-corrected chi connectivity index (χ0v) is 11.0. The molecule has 0 aromatic heterocycles. The summed E-state index contributed by atoms with van der Waals surface area (Å²) >= 11 is 0. The predicted octanol–water partition coefficient (Wildman–Crippen LogP) is 1.56. The minimum absolute atomic E-state index is 0.00862. The van der Waals surface area contributed by atoms with E-state index in [4.69, 9.17) is 0 Å². The van der Waals surface area contributed by atoms with Crippen molar-refractivity contribution in [3.8, 4) is 5.75 Å². The van der Waals surface area contributed by atoms with Gasteiger partial charge in [0.05, 0.1) is 0 Å². The smallest absolute Gasteiger partial charge is 0.254 e. The molecule has 0 unspecified atom stereocenters. The lowest BCUT2D eigenvalue weighted by Gasteiger charge is -2.36. The van der Waals surface area contributed by atoms with E-state index in [9.17, 15) is 9.90 Å². The Kier molecular flexibility index (Phi) is 3.87. The summed E-state index contributed by atoms with van der Waals surface area (Å²) in [6.45, 7) is 7.70. The van der Waals surface area contributed by atoms with Crippen molar-refractivity contribution in [2.24, 2.45) is 0 Å². The van der Waals surface area contributed by atoms with E-state index in [1.165, 1.54) is 6.07 Å². The van der Waals surface area contributed by atoms with Crippen LogP contribution in [0.3, 0.4) is 0 Å². The molecule has 1 N–H and O–H groups in total. The molecule has 0 aliphatic carbocycles. The summed E-state index contributed by atoms with van der Waals surface area (Å²) in [6, 6.07) is 7.08. The molecule has 1 fully saturated rings. The van der Waals surface area contributed by atoms with Crippen molar-refractivity contribution < 1.29 is 9.90 Å². The van der Waals surface area contributed by atoms with Crippen LogP contribution < -0.4 is 0 Å². The Labute approximate surface area is 108 Å². The van der Waals surface area contributed by atoms with Crippen molar-refractivity contribution in [3.63, 3.8) is 0 Å². The van der Waals surface area contributed by atoms with E-state index in [-0.39, 0.29) is 11.7 Å². The number of carbonyl (C=O) groups excluding carboxylic acids is 1. The summed E-state index contributed by atoms with van der Waals surface area (Å²) in [5.74, 6) is 0.149. The normalized spacial score (nSPS) is 17.2. The zero-order valence-electron chi connectivity index (χ0n) is 11.0. The predicted molar refractivity (Wildman–Crippen MR) is 70.7 cm³/mol. The first-order chi connectivity index (χ1) is 8.58. The molecule has 1 amide bonds. The topological polar surface area (TPSA) is 43.8 Å². The average Bonchev–Trinajstić information content (AvgIpc) is 2.38. The van der Waals surface area contributed by atoms with Crippen molar-refractivity contribution in [1.29, 1.82) is 0 Å². The second-order valence-corrected chi connectivity index (χ2v) is 4.97. The van der Waals surface area contributed by atoms with Crippen molar-refractivity contribution >= 4 is 5.91 Å². The van der Waals surface area contributed by atoms with Gasteiger partial charge in [0.1, 0.15) is 5.75 Å². The molecule has 1 aliphatic heterocycles. The molecule has 1 aromatic rings. The minimum Gasteiger partial charge on any atom is -0.508 e. The highest BCUT2D eigenvalue weighted by molar-refractivity contribution is 5.94. The van der Waals surface area contributed by atoms with E-state index in [1.54, 1.807) is 18.2 Å². The van der Waals surface area contributed by atoms with Crippen LogP contribution in [-0.4, -0.2) is 53.0 Å². The van der Waals surface area contributed by atoms with Gasteiger partial charge in [-0.15, -0.1) is 0 Å². The molecule has 4 nitrogen and oxygen atoms in total. The van der Waals surface area contributed by atoms with Gasteiger partial charge in [0.2, 0.25) is 0 Å². The molecular weight excluding hydrogens is 228 g/mol. The number of piperazine rings is 1. The summed E-state index contributed by atoms with van der Waals surface area (Å²) in [6.07, 6.45) is 0. The summed E-state index contributed by atoms with van der Waals surface area (Å²) < 4.78 is 0. The Morgan fingerprint density at radius 3 is 2.44 bits per heavy atom. The van der Waals surface area contributed by atoms with Gasteiger partial charge < -0.3 is 10.0 Å². The summed E-state index contributed by atoms with van der Waals surface area (Å²) in [5, 5.41) is 9.40. The average molecular weight is 248 g/mol. The molecule has 18 heavy (non-hydrogen) atoms. The molecule has 1 saturated heterocycles. The number of hydrogen-bond donors (Lipinski definition) is 1. The van der Waals surface area contributed by atoms with Gasteiger partial charge in [-0.05, 0) is 32.0 Å². The molecule has 2 rings (SSSR count). The van der Waals surface area contributed by atoms with Crippen LogP contribution in [0.2, 0.25) is 0 Å². The van der Waals surface area contributed by atoms with Gasteiger partial charge in [0.25, 0.3) is 5.91 Å². The molecule has 1 aromatic carbocycles. The van der Waals surface area contributed by atoms with Gasteiger partial charge in [-0.2, -0.15) is 0 Å². The Bertz CT molecular complexity index is 424. The standard InChI is InChI=1S/C14H20N2O2/c1-11(2)15-6-8-16(9-7-15)14(18)12-4-3-5-13(17)10-12/h3-5,10-11,17H,6-9H2,1-2H3. The lowest BCUT2D eigenvalue weighted by molar-refractivity contribution is 0.0595. The van der Waals surface area contributed by atoms with Gasteiger partial charge in [-0.25, -0.2) is 0 Å². The first-order valence-corrected chi connectivity index (χ1v) is 6.40. The van der Waals surface area contributed by atoms with Gasteiger partial charge in [-0.3, -0.25) is 9.69 Å². The van der Waals surface area contributed by atoms with E-state index in [0.717, 1.165) is 26.2 Å². The highest BCUT2D eigenvalue weighted by Crippen LogP contribution is 2.15. The molecule has 0 atom stereocenters. The fraction of sp³-hybridized carbons (Fsp3) is 0.500. The second kappa shape index (κ2) is 5.40. The van der Waals surface area contributed by atoms with Gasteiger partial charge in [0.15, 0.2) is 0 Å². The Morgan fingerprint density at radius 1 is 1.22 bits per heavy atom. The Hall–Kier alpha value is -1.55. The van der Waals surface area contributed by atoms with Crippen molar-refractivity contribution in [2.75, 3.05) is 26.2 Å². The third-order valence-corrected chi connectivity index (χ3v) is 3.42. The number of hydrogen-bond acceptors (Lipinski definition) is 3. The van der Waals surface area contributed by atoms with Crippen LogP contribution in [0, 0.1) is 0 Å². The van der Waals surface area contributed by atoms with Crippen LogP contribution in [0.5, 0.6) is 5.75 Å². The van der Waals surface area contributed by atoms with Crippen molar-refractivity contribution in [3.05, 3.63) is 29.8 Å². The number of aromatic hydroxyl groups is 1. The van der Waals surface area contributed by atoms with E-state index in [1.807, 2.05) is 4.90 Å². The largest absolute Gasteiger partial charge is 0.508 e. The van der Waals surface area contributed by atoms with Crippen molar-refractivity contribution in [1.82, 2.24) is 9.80 Å². The van der Waals surface area contributed by atoms with Crippen molar-refractivity contribution in [2.45, 2.75) is 19.9 Å². The fourth-order valence-electron chi connectivity index (χ4n) is 2.26. The minimum atomic E-state index is 0.00862. The maximum absolute atomic E-state index is 12.2. The molecule has 0 bridgehead atoms. The number of carbonyl (C=O) groups is 1. The number of benzene rings is 1. The Balaban J connectivity index is 1.99. The van der Waals surface area contributed by atoms with E-state index in [2.05, 4.69) is 18.7 Å². The third kappa shape index (κ3) is 2.82. The second-order valence-electron chi connectivity index (χ2n) is 4.97. The maximum atomic E-state index is 12.2. The SMILES string of the molecule is CC(C)N1CCN(C(=O)c2cccc(O)c2)CC1. The van der Waals surface area contributed by atoms with E-state index >= 15 is 0 Å².